The lowest BCUT2D eigenvalue weighted by Crippen LogP contribution is -2.09. The molecule has 0 spiro atoms. The lowest BCUT2D eigenvalue weighted by Gasteiger charge is -2.22. The average Bonchev–Trinajstić information content (AvgIpc) is 1.86. The van der Waals surface area contributed by atoms with Gasteiger partial charge < -0.3 is 0 Å². The number of hydrogen-bond donors (Lipinski definition) is 0. The molecule has 64 valence electrons. The van der Waals surface area contributed by atoms with Gasteiger partial charge in [-0.3, -0.25) is 0 Å². The van der Waals surface area contributed by atoms with Crippen LogP contribution in [0.2, 0.25) is 0 Å². The monoisotopic (exact) mass is 152 g/mol. The minimum atomic E-state index is 0.252. The van der Waals surface area contributed by atoms with Gasteiger partial charge in [-0.05, 0) is 24.3 Å². The van der Waals surface area contributed by atoms with Crippen molar-refractivity contribution in [3.05, 3.63) is 23.8 Å². The first-order chi connectivity index (χ1) is 4.93. The van der Waals surface area contributed by atoms with E-state index in [2.05, 4.69) is 41.2 Å². The van der Waals surface area contributed by atoms with Gasteiger partial charge in [0.15, 0.2) is 0 Å². The lowest BCUT2D eigenvalue weighted by molar-refractivity contribution is 0.510. The van der Waals surface area contributed by atoms with Crippen LogP contribution in [-0.4, -0.2) is 0 Å². The van der Waals surface area contributed by atoms with E-state index in [4.69, 9.17) is 0 Å². The lowest BCUT2D eigenvalue weighted by atomic mass is 9.83. The van der Waals surface area contributed by atoms with Crippen molar-refractivity contribution in [3.63, 3.8) is 0 Å². The summed E-state index contributed by atoms with van der Waals surface area (Å²) < 4.78 is 0. The fourth-order valence-corrected chi connectivity index (χ4v) is 1.31. The van der Waals surface area contributed by atoms with E-state index in [1.165, 1.54) is 11.1 Å². The van der Waals surface area contributed by atoms with Gasteiger partial charge in [0.1, 0.15) is 0 Å². The molecule has 0 aromatic heterocycles. The molecule has 0 heterocycles. The van der Waals surface area contributed by atoms with Crippen LogP contribution in [0, 0.1) is 5.41 Å². The minimum Gasteiger partial charge on any atom is -0.0988 e. The van der Waals surface area contributed by atoms with Gasteiger partial charge in [-0.25, -0.2) is 0 Å². The van der Waals surface area contributed by atoms with Crippen LogP contribution in [0.25, 0.3) is 0 Å². The summed E-state index contributed by atoms with van der Waals surface area (Å²) in [5.74, 6) is 0. The van der Waals surface area contributed by atoms with Crippen molar-refractivity contribution in [2.75, 3.05) is 0 Å². The molecule has 0 saturated carbocycles. The van der Waals surface area contributed by atoms with Crippen LogP contribution >= 0.6 is 0 Å². The largest absolute Gasteiger partial charge is 0.0988 e. The van der Waals surface area contributed by atoms with Gasteiger partial charge in [-0.1, -0.05) is 45.9 Å². The van der Waals surface area contributed by atoms with Crippen LogP contribution in [0.5, 0.6) is 0 Å². The topological polar surface area (TPSA) is 0 Å². The molecule has 0 aliphatic carbocycles. The second-order valence-electron chi connectivity index (χ2n) is 4.00. The molecule has 0 bridgehead atoms. The minimum absolute atomic E-state index is 0.252. The third-order valence-electron chi connectivity index (χ3n) is 2.00. The summed E-state index contributed by atoms with van der Waals surface area (Å²) in [5, 5.41) is 0. The van der Waals surface area contributed by atoms with Gasteiger partial charge >= 0.3 is 0 Å². The van der Waals surface area contributed by atoms with E-state index in [0.717, 1.165) is 6.42 Å². The molecule has 0 aromatic rings. The molecule has 0 heteroatoms. The summed E-state index contributed by atoms with van der Waals surface area (Å²) in [5.41, 5.74) is 3.09. The predicted molar refractivity (Wildman–Crippen MR) is 52.6 cm³/mol. The standard InChI is InChI=1S/C11H20/c1-7-9(3)10(8-2)11(4,5)6/h8H,2,7H2,1,3-6H3/b10-9+. The Labute approximate surface area is 71.0 Å². The second kappa shape index (κ2) is 3.75. The van der Waals surface area contributed by atoms with E-state index in [0.29, 0.717) is 0 Å². The molecule has 0 radical (unpaired) electrons. The molecule has 0 N–H and O–H groups in total. The summed E-state index contributed by atoms with van der Waals surface area (Å²) in [6.45, 7) is 14.9. The van der Waals surface area contributed by atoms with Gasteiger partial charge in [0.05, 0.1) is 0 Å². The van der Waals surface area contributed by atoms with Crippen molar-refractivity contribution in [2.24, 2.45) is 5.41 Å². The smallest absolute Gasteiger partial charge is 0.0133 e. The normalized spacial score (nSPS) is 14.3. The summed E-state index contributed by atoms with van der Waals surface area (Å²) in [4.78, 5) is 0. The zero-order valence-electron chi connectivity index (χ0n) is 8.49. The zero-order valence-corrected chi connectivity index (χ0v) is 8.49. The Morgan fingerprint density at radius 2 is 1.82 bits per heavy atom. The third kappa shape index (κ3) is 2.92. The summed E-state index contributed by atoms with van der Waals surface area (Å²) in [6.07, 6.45) is 3.11. The molecular formula is C11H20. The first-order valence-electron chi connectivity index (χ1n) is 4.26. The maximum absolute atomic E-state index is 3.84. The van der Waals surface area contributed by atoms with E-state index < -0.39 is 0 Å². The highest BCUT2D eigenvalue weighted by atomic mass is 14.2. The molecular weight excluding hydrogens is 132 g/mol. The maximum Gasteiger partial charge on any atom is -0.0133 e. The van der Waals surface area contributed by atoms with Gasteiger partial charge in [-0.15, -0.1) is 0 Å². The molecule has 0 aromatic carbocycles. The van der Waals surface area contributed by atoms with Crippen molar-refractivity contribution < 1.29 is 0 Å². The molecule has 0 unspecified atom stereocenters. The number of allylic oxidation sites excluding steroid dienone is 3. The Kier molecular flexibility index (Phi) is 3.57. The van der Waals surface area contributed by atoms with Crippen molar-refractivity contribution in [2.45, 2.75) is 41.0 Å². The fraction of sp³-hybridized carbons (Fsp3) is 0.636. The van der Waals surface area contributed by atoms with E-state index in [1.54, 1.807) is 0 Å². The van der Waals surface area contributed by atoms with Gasteiger partial charge in [0.25, 0.3) is 0 Å². The average molecular weight is 152 g/mol. The van der Waals surface area contributed by atoms with Crippen molar-refractivity contribution in [3.8, 4) is 0 Å². The van der Waals surface area contributed by atoms with E-state index in [1.807, 2.05) is 6.08 Å². The van der Waals surface area contributed by atoms with Crippen molar-refractivity contribution >= 4 is 0 Å². The van der Waals surface area contributed by atoms with Crippen LogP contribution in [0.1, 0.15) is 41.0 Å². The second-order valence-corrected chi connectivity index (χ2v) is 4.00. The third-order valence-corrected chi connectivity index (χ3v) is 2.00. The Morgan fingerprint density at radius 3 is 1.91 bits per heavy atom. The van der Waals surface area contributed by atoms with E-state index >= 15 is 0 Å². The van der Waals surface area contributed by atoms with Crippen LogP contribution in [0.15, 0.2) is 23.8 Å². The highest BCUT2D eigenvalue weighted by molar-refractivity contribution is 5.28. The molecule has 0 fully saturated rings. The highest BCUT2D eigenvalue weighted by Gasteiger charge is 2.15. The SMILES string of the molecule is C=C/C(=C(/C)CC)C(C)(C)C. The van der Waals surface area contributed by atoms with Crippen molar-refractivity contribution in [1.82, 2.24) is 0 Å². The maximum atomic E-state index is 3.84. The summed E-state index contributed by atoms with van der Waals surface area (Å²) >= 11 is 0. The highest BCUT2D eigenvalue weighted by Crippen LogP contribution is 2.29. The van der Waals surface area contributed by atoms with E-state index in [9.17, 15) is 0 Å². The molecule has 11 heavy (non-hydrogen) atoms. The first kappa shape index (κ1) is 10.5. The zero-order chi connectivity index (χ0) is 9.07. The number of hydrogen-bond acceptors (Lipinski definition) is 0. The quantitative estimate of drug-likeness (QED) is 0.526. The molecule has 0 aliphatic heterocycles. The van der Waals surface area contributed by atoms with Crippen LogP contribution < -0.4 is 0 Å². The molecule has 0 rings (SSSR count). The fourth-order valence-electron chi connectivity index (χ4n) is 1.31. The van der Waals surface area contributed by atoms with Crippen LogP contribution in [0.4, 0.5) is 0 Å². The molecule has 0 amide bonds. The van der Waals surface area contributed by atoms with E-state index in [-0.39, 0.29) is 5.41 Å². The summed E-state index contributed by atoms with van der Waals surface area (Å²) in [7, 11) is 0. The van der Waals surface area contributed by atoms with Gasteiger partial charge in [0, 0.05) is 0 Å². The van der Waals surface area contributed by atoms with Crippen LogP contribution in [0.3, 0.4) is 0 Å². The van der Waals surface area contributed by atoms with Crippen LogP contribution in [-0.2, 0) is 0 Å². The molecule has 0 aliphatic rings. The predicted octanol–water partition coefficient (Wildman–Crippen LogP) is 3.95. The number of rotatable bonds is 2. The molecule has 0 atom stereocenters. The molecule has 0 saturated heterocycles. The Bertz CT molecular complexity index is 165. The first-order valence-corrected chi connectivity index (χ1v) is 4.26. The summed E-state index contributed by atoms with van der Waals surface area (Å²) in [6, 6.07) is 0. The van der Waals surface area contributed by atoms with Crippen molar-refractivity contribution in [1.29, 1.82) is 0 Å². The Balaban J connectivity index is 4.80. The Morgan fingerprint density at radius 1 is 1.36 bits per heavy atom. The van der Waals surface area contributed by atoms with Gasteiger partial charge in [-0.2, -0.15) is 0 Å². The molecule has 0 nitrogen and oxygen atoms in total. The van der Waals surface area contributed by atoms with Gasteiger partial charge in [0.2, 0.25) is 0 Å². The Hall–Kier alpha value is -0.520.